The summed E-state index contributed by atoms with van der Waals surface area (Å²) < 4.78 is 31.7. The molecule has 7 nitrogen and oxygen atoms in total. The predicted octanol–water partition coefficient (Wildman–Crippen LogP) is 3.97. The number of nitrogens with zero attached hydrogens (tertiary/aromatic N) is 3. The van der Waals surface area contributed by atoms with Crippen LogP contribution in [0.3, 0.4) is 0 Å². The van der Waals surface area contributed by atoms with Gasteiger partial charge in [0.2, 0.25) is 5.91 Å². The van der Waals surface area contributed by atoms with Gasteiger partial charge in [-0.25, -0.2) is 4.79 Å². The highest BCUT2D eigenvalue weighted by molar-refractivity contribution is 6.10. The van der Waals surface area contributed by atoms with Gasteiger partial charge < -0.3 is 14.9 Å². The summed E-state index contributed by atoms with van der Waals surface area (Å²) in [6.07, 6.45) is 3.28. The molecule has 0 unspecified atom stereocenters. The Hall–Kier alpha value is -2.46. The molecule has 0 radical (unpaired) electrons. The van der Waals surface area contributed by atoms with Gasteiger partial charge in [-0.2, -0.15) is 13.2 Å². The van der Waals surface area contributed by atoms with E-state index >= 15 is 0 Å². The number of carbonyl (C=O) groups is 3. The van der Waals surface area contributed by atoms with Gasteiger partial charge in [0.25, 0.3) is 0 Å². The Kier molecular flexibility index (Phi) is 9.68. The Labute approximate surface area is 203 Å². The van der Waals surface area contributed by atoms with Crippen LogP contribution < -0.4 is 4.90 Å². The fourth-order valence-electron chi connectivity index (χ4n) is 5.04. The highest BCUT2D eigenvalue weighted by atomic mass is 19.4. The summed E-state index contributed by atoms with van der Waals surface area (Å²) in [6.45, 7) is 6.61. The van der Waals surface area contributed by atoms with E-state index in [4.69, 9.17) is 9.90 Å². The van der Waals surface area contributed by atoms with Crippen molar-refractivity contribution in [3.8, 4) is 0 Å². The molecule has 35 heavy (non-hydrogen) atoms. The summed E-state index contributed by atoms with van der Waals surface area (Å²) in [6, 6.07) is 8.42. The molecule has 1 aliphatic carbocycles. The van der Waals surface area contributed by atoms with Crippen LogP contribution in [0.4, 0.5) is 18.9 Å². The van der Waals surface area contributed by atoms with Crippen molar-refractivity contribution in [3.63, 3.8) is 0 Å². The molecule has 194 valence electrons. The first-order valence-corrected chi connectivity index (χ1v) is 12.4. The molecule has 3 aliphatic rings. The monoisotopic (exact) mass is 497 g/mol. The number of piperazine rings is 1. The zero-order valence-electron chi connectivity index (χ0n) is 19.9. The standard InChI is InChI=1S/C23H33N3O2.C2HF3O2/c27-22-11-12-23(28)26(21-10-4-3-9-20(21)22)14-6-5-13-24-15-17-25(18-16-24)19-7-1-2-8-19;3-2(4,5)1(6)7/h3-4,9-10,19H,1-2,5-8,11-18H2;(H,6,7). The second-order valence-electron chi connectivity index (χ2n) is 9.31. The largest absolute Gasteiger partial charge is 0.490 e. The third-order valence-corrected chi connectivity index (χ3v) is 6.96. The lowest BCUT2D eigenvalue weighted by molar-refractivity contribution is -0.192. The molecule has 0 atom stereocenters. The maximum atomic E-state index is 12.5. The molecule has 2 aliphatic heterocycles. The summed E-state index contributed by atoms with van der Waals surface area (Å²) in [5, 5.41) is 7.12. The van der Waals surface area contributed by atoms with E-state index in [1.54, 1.807) is 0 Å². The van der Waals surface area contributed by atoms with Gasteiger partial charge in [-0.05, 0) is 44.4 Å². The summed E-state index contributed by atoms with van der Waals surface area (Å²) in [7, 11) is 0. The highest BCUT2D eigenvalue weighted by Gasteiger charge is 2.38. The topological polar surface area (TPSA) is 81.2 Å². The van der Waals surface area contributed by atoms with E-state index in [-0.39, 0.29) is 11.7 Å². The molecule has 1 N–H and O–H groups in total. The van der Waals surface area contributed by atoms with E-state index in [2.05, 4.69) is 9.80 Å². The summed E-state index contributed by atoms with van der Waals surface area (Å²) in [4.78, 5) is 40.8. The lowest BCUT2D eigenvalue weighted by Gasteiger charge is -2.38. The SMILES string of the molecule is O=C(O)C(F)(F)F.O=C1CCC(=O)N(CCCCN2CCN(C3CCCC3)CC2)c2ccccc21. The number of hydrogen-bond acceptors (Lipinski definition) is 5. The van der Waals surface area contributed by atoms with Crippen LogP contribution >= 0.6 is 0 Å². The number of benzene rings is 1. The Morgan fingerprint density at radius 1 is 0.943 bits per heavy atom. The number of halogens is 3. The third kappa shape index (κ3) is 7.76. The molecule has 1 amide bonds. The number of ketones is 1. The van der Waals surface area contributed by atoms with Crippen LogP contribution in [-0.2, 0) is 9.59 Å². The van der Waals surface area contributed by atoms with E-state index in [0.717, 1.165) is 31.1 Å². The zero-order valence-corrected chi connectivity index (χ0v) is 19.9. The van der Waals surface area contributed by atoms with Gasteiger partial charge in [0, 0.05) is 57.2 Å². The molecule has 4 rings (SSSR count). The predicted molar refractivity (Wildman–Crippen MR) is 126 cm³/mol. The number of fused-ring (bicyclic) bond motifs is 1. The molecule has 1 aromatic carbocycles. The number of Topliss-reactive ketones (excluding diaryl/α,β-unsaturated/α-hetero) is 1. The molecule has 1 saturated heterocycles. The normalized spacial score (nSPS) is 20.3. The van der Waals surface area contributed by atoms with Crippen molar-refractivity contribution in [2.75, 3.05) is 44.2 Å². The van der Waals surface area contributed by atoms with Crippen molar-refractivity contribution in [2.24, 2.45) is 0 Å². The summed E-state index contributed by atoms with van der Waals surface area (Å²) in [5.74, 6) is -2.58. The summed E-state index contributed by atoms with van der Waals surface area (Å²) in [5.41, 5.74) is 1.51. The van der Waals surface area contributed by atoms with Gasteiger partial charge in [-0.15, -0.1) is 0 Å². The lowest BCUT2D eigenvalue weighted by Crippen LogP contribution is -2.49. The average molecular weight is 498 g/mol. The van der Waals surface area contributed by atoms with Crippen molar-refractivity contribution in [1.82, 2.24) is 9.80 Å². The number of hydrogen-bond donors (Lipinski definition) is 1. The minimum absolute atomic E-state index is 0.0866. The number of carbonyl (C=O) groups excluding carboxylic acids is 2. The van der Waals surface area contributed by atoms with Crippen molar-refractivity contribution in [2.45, 2.75) is 63.6 Å². The molecular formula is C25H34F3N3O4. The van der Waals surface area contributed by atoms with E-state index < -0.39 is 12.1 Å². The number of unbranched alkanes of at least 4 members (excludes halogenated alkanes) is 1. The molecule has 0 spiro atoms. The number of para-hydroxylation sites is 1. The van der Waals surface area contributed by atoms with E-state index in [9.17, 15) is 22.8 Å². The number of rotatable bonds is 6. The van der Waals surface area contributed by atoms with Crippen LogP contribution in [0, 0.1) is 0 Å². The quantitative estimate of drug-likeness (QED) is 0.599. The minimum atomic E-state index is -5.08. The van der Waals surface area contributed by atoms with Crippen LogP contribution in [-0.4, -0.2) is 84.1 Å². The smallest absolute Gasteiger partial charge is 0.475 e. The zero-order chi connectivity index (χ0) is 25.4. The van der Waals surface area contributed by atoms with Crippen LogP contribution in [0.5, 0.6) is 0 Å². The Morgan fingerprint density at radius 3 is 2.17 bits per heavy atom. The number of carboxylic acids is 1. The van der Waals surface area contributed by atoms with Crippen molar-refractivity contribution >= 4 is 23.3 Å². The second kappa shape index (κ2) is 12.5. The molecular weight excluding hydrogens is 463 g/mol. The highest BCUT2D eigenvalue weighted by Crippen LogP contribution is 2.27. The molecule has 1 saturated carbocycles. The maximum Gasteiger partial charge on any atom is 0.490 e. The first-order chi connectivity index (χ1) is 16.7. The molecule has 0 aromatic heterocycles. The number of alkyl halides is 3. The van der Waals surface area contributed by atoms with Crippen molar-refractivity contribution < 1.29 is 32.7 Å². The van der Waals surface area contributed by atoms with Gasteiger partial charge in [0.15, 0.2) is 5.78 Å². The fourth-order valence-corrected chi connectivity index (χ4v) is 5.04. The Balaban J connectivity index is 0.000000429. The van der Waals surface area contributed by atoms with Crippen LogP contribution in [0.25, 0.3) is 0 Å². The number of aliphatic carboxylic acids is 1. The van der Waals surface area contributed by atoms with E-state index in [1.807, 2.05) is 29.2 Å². The fraction of sp³-hybridized carbons (Fsp3) is 0.640. The molecule has 2 fully saturated rings. The van der Waals surface area contributed by atoms with Gasteiger partial charge in [0.05, 0.1) is 5.69 Å². The molecule has 10 heteroatoms. The molecule has 0 bridgehead atoms. The Bertz CT molecular complexity index is 879. The van der Waals surface area contributed by atoms with Gasteiger partial charge in [-0.3, -0.25) is 14.5 Å². The third-order valence-electron chi connectivity index (χ3n) is 6.96. The average Bonchev–Trinajstić information content (AvgIpc) is 3.34. The molecule has 1 aromatic rings. The molecule has 2 heterocycles. The summed E-state index contributed by atoms with van der Waals surface area (Å²) >= 11 is 0. The second-order valence-corrected chi connectivity index (χ2v) is 9.31. The van der Waals surface area contributed by atoms with Gasteiger partial charge in [0.1, 0.15) is 0 Å². The Morgan fingerprint density at radius 2 is 1.54 bits per heavy atom. The van der Waals surface area contributed by atoms with Crippen molar-refractivity contribution in [1.29, 1.82) is 0 Å². The first-order valence-electron chi connectivity index (χ1n) is 12.4. The van der Waals surface area contributed by atoms with Gasteiger partial charge >= 0.3 is 12.1 Å². The van der Waals surface area contributed by atoms with E-state index in [0.29, 0.717) is 24.9 Å². The van der Waals surface area contributed by atoms with E-state index in [1.165, 1.54) is 51.9 Å². The first kappa shape index (κ1) is 27.1. The lowest BCUT2D eigenvalue weighted by atomic mass is 10.1. The number of anilines is 1. The van der Waals surface area contributed by atoms with Crippen molar-refractivity contribution in [3.05, 3.63) is 29.8 Å². The van der Waals surface area contributed by atoms with Crippen LogP contribution in [0.15, 0.2) is 24.3 Å². The van der Waals surface area contributed by atoms with Crippen LogP contribution in [0.2, 0.25) is 0 Å². The minimum Gasteiger partial charge on any atom is -0.475 e. The number of amides is 1. The number of carboxylic acid groups (broad SMARTS) is 1. The van der Waals surface area contributed by atoms with Gasteiger partial charge in [-0.1, -0.05) is 25.0 Å². The maximum absolute atomic E-state index is 12.5. The van der Waals surface area contributed by atoms with Crippen LogP contribution in [0.1, 0.15) is 61.7 Å².